The number of ether oxygens (including phenoxy) is 2. The van der Waals surface area contributed by atoms with Gasteiger partial charge in [-0.05, 0) is 30.5 Å². The maximum Gasteiger partial charge on any atom is 0.344 e. The van der Waals surface area contributed by atoms with Crippen molar-refractivity contribution in [3.8, 4) is 5.75 Å². The van der Waals surface area contributed by atoms with Gasteiger partial charge in [0.1, 0.15) is 5.75 Å². The van der Waals surface area contributed by atoms with E-state index in [0.717, 1.165) is 10.8 Å². The van der Waals surface area contributed by atoms with Crippen molar-refractivity contribution in [2.45, 2.75) is 13.0 Å². The van der Waals surface area contributed by atoms with E-state index in [1.807, 2.05) is 54.6 Å². The molecule has 0 aliphatic carbocycles. The van der Waals surface area contributed by atoms with Crippen LogP contribution < -0.4 is 10.1 Å². The van der Waals surface area contributed by atoms with Crippen molar-refractivity contribution < 1.29 is 19.1 Å². The van der Waals surface area contributed by atoms with Crippen molar-refractivity contribution >= 4 is 28.3 Å². The van der Waals surface area contributed by atoms with Gasteiger partial charge >= 0.3 is 5.97 Å². The SMILES string of the molecule is CC(OC(=O)COc1cccc2ccccc12)C(=O)Nc1ccccc1. The number of nitrogens with one attached hydrogen (secondary N) is 1. The first-order chi connectivity index (χ1) is 12.6. The zero-order valence-corrected chi connectivity index (χ0v) is 14.3. The highest BCUT2D eigenvalue weighted by Crippen LogP contribution is 2.25. The molecule has 3 aromatic rings. The Bertz CT molecular complexity index is 903. The predicted octanol–water partition coefficient (Wildman–Crippen LogP) is 3.79. The number of anilines is 1. The molecule has 1 N–H and O–H groups in total. The lowest BCUT2D eigenvalue weighted by atomic mass is 10.1. The van der Waals surface area contributed by atoms with Gasteiger partial charge in [0, 0.05) is 11.1 Å². The highest BCUT2D eigenvalue weighted by Gasteiger charge is 2.18. The van der Waals surface area contributed by atoms with Crippen molar-refractivity contribution in [2.75, 3.05) is 11.9 Å². The summed E-state index contributed by atoms with van der Waals surface area (Å²) in [6.45, 7) is 1.26. The topological polar surface area (TPSA) is 64.6 Å². The van der Waals surface area contributed by atoms with Crippen molar-refractivity contribution in [2.24, 2.45) is 0 Å². The number of rotatable bonds is 6. The molecule has 5 heteroatoms. The molecular formula is C21H19NO4. The van der Waals surface area contributed by atoms with Gasteiger partial charge in [0.25, 0.3) is 5.91 Å². The molecule has 0 aliphatic heterocycles. The van der Waals surface area contributed by atoms with Gasteiger partial charge in [0.15, 0.2) is 12.7 Å². The van der Waals surface area contributed by atoms with Crippen LogP contribution in [-0.2, 0) is 14.3 Å². The minimum absolute atomic E-state index is 0.267. The third-order valence-corrected chi connectivity index (χ3v) is 3.81. The Morgan fingerprint density at radius 1 is 0.923 bits per heavy atom. The van der Waals surface area contributed by atoms with E-state index in [1.165, 1.54) is 6.92 Å². The lowest BCUT2D eigenvalue weighted by Gasteiger charge is -2.14. The number of esters is 1. The van der Waals surface area contributed by atoms with Gasteiger partial charge in [-0.25, -0.2) is 4.79 Å². The van der Waals surface area contributed by atoms with E-state index in [0.29, 0.717) is 11.4 Å². The number of para-hydroxylation sites is 1. The van der Waals surface area contributed by atoms with Crippen LogP contribution in [0.1, 0.15) is 6.92 Å². The molecule has 1 atom stereocenters. The summed E-state index contributed by atoms with van der Waals surface area (Å²) in [5, 5.41) is 4.62. The van der Waals surface area contributed by atoms with Crippen LogP contribution in [0.4, 0.5) is 5.69 Å². The van der Waals surface area contributed by atoms with E-state index in [2.05, 4.69) is 5.32 Å². The number of benzene rings is 3. The minimum atomic E-state index is -0.918. The Morgan fingerprint density at radius 2 is 1.62 bits per heavy atom. The molecule has 0 aromatic heterocycles. The molecule has 0 saturated heterocycles. The summed E-state index contributed by atoms with van der Waals surface area (Å²) in [6.07, 6.45) is -0.918. The molecule has 1 unspecified atom stereocenters. The van der Waals surface area contributed by atoms with Crippen LogP contribution in [0.25, 0.3) is 10.8 Å². The summed E-state index contributed by atoms with van der Waals surface area (Å²) >= 11 is 0. The van der Waals surface area contributed by atoms with Gasteiger partial charge in [-0.1, -0.05) is 54.6 Å². The van der Waals surface area contributed by atoms with E-state index in [9.17, 15) is 9.59 Å². The Hall–Kier alpha value is -3.34. The standard InChI is InChI=1S/C21H19NO4/c1-15(21(24)22-17-10-3-2-4-11-17)26-20(23)14-25-19-13-7-9-16-8-5-6-12-18(16)19/h2-13,15H,14H2,1H3,(H,22,24). The first kappa shape index (κ1) is 17.5. The van der Waals surface area contributed by atoms with Crippen molar-refractivity contribution in [1.82, 2.24) is 0 Å². The van der Waals surface area contributed by atoms with E-state index in [4.69, 9.17) is 9.47 Å². The molecule has 0 spiro atoms. The van der Waals surface area contributed by atoms with Crippen LogP contribution in [0.3, 0.4) is 0 Å². The third kappa shape index (κ3) is 4.39. The van der Waals surface area contributed by atoms with Gasteiger partial charge in [0.05, 0.1) is 0 Å². The van der Waals surface area contributed by atoms with E-state index >= 15 is 0 Å². The quantitative estimate of drug-likeness (QED) is 0.688. The number of hydrogen-bond acceptors (Lipinski definition) is 4. The van der Waals surface area contributed by atoms with Crippen LogP contribution >= 0.6 is 0 Å². The summed E-state index contributed by atoms with van der Waals surface area (Å²) in [4.78, 5) is 24.1. The molecule has 1 amide bonds. The highest BCUT2D eigenvalue weighted by atomic mass is 16.6. The van der Waals surface area contributed by atoms with Crippen LogP contribution in [0.5, 0.6) is 5.75 Å². The first-order valence-electron chi connectivity index (χ1n) is 8.29. The second-order valence-electron chi connectivity index (χ2n) is 5.75. The van der Waals surface area contributed by atoms with Crippen LogP contribution in [-0.4, -0.2) is 24.6 Å². The normalized spacial score (nSPS) is 11.6. The van der Waals surface area contributed by atoms with Crippen molar-refractivity contribution in [3.63, 3.8) is 0 Å². The number of fused-ring (bicyclic) bond motifs is 1. The molecule has 0 saturated carbocycles. The fraction of sp³-hybridized carbons (Fsp3) is 0.143. The van der Waals surface area contributed by atoms with Gasteiger partial charge in [-0.15, -0.1) is 0 Å². The van der Waals surface area contributed by atoms with Crippen LogP contribution in [0.15, 0.2) is 72.8 Å². The average Bonchev–Trinajstić information content (AvgIpc) is 2.67. The molecular weight excluding hydrogens is 330 g/mol. The smallest absolute Gasteiger partial charge is 0.344 e. The van der Waals surface area contributed by atoms with E-state index < -0.39 is 18.0 Å². The Morgan fingerprint density at radius 3 is 2.42 bits per heavy atom. The Balaban J connectivity index is 1.54. The highest BCUT2D eigenvalue weighted by molar-refractivity contribution is 5.95. The molecule has 132 valence electrons. The second-order valence-corrected chi connectivity index (χ2v) is 5.75. The molecule has 0 radical (unpaired) electrons. The zero-order valence-electron chi connectivity index (χ0n) is 14.3. The Kier molecular flexibility index (Phi) is 5.49. The molecule has 0 bridgehead atoms. The molecule has 0 fully saturated rings. The lowest BCUT2D eigenvalue weighted by Crippen LogP contribution is -2.31. The predicted molar refractivity (Wildman–Crippen MR) is 100 cm³/mol. The molecule has 3 aromatic carbocycles. The summed E-state index contributed by atoms with van der Waals surface area (Å²) in [5.74, 6) is -0.398. The average molecular weight is 349 g/mol. The number of amides is 1. The van der Waals surface area contributed by atoms with Gasteiger partial charge in [-0.3, -0.25) is 4.79 Å². The summed E-state index contributed by atoms with van der Waals surface area (Å²) in [6, 6.07) is 22.3. The molecule has 0 heterocycles. The van der Waals surface area contributed by atoms with E-state index in [1.54, 1.807) is 18.2 Å². The summed E-state index contributed by atoms with van der Waals surface area (Å²) < 4.78 is 10.7. The fourth-order valence-corrected chi connectivity index (χ4v) is 2.51. The molecule has 0 aliphatic rings. The Labute approximate surface area is 151 Å². The largest absolute Gasteiger partial charge is 0.481 e. The first-order valence-corrected chi connectivity index (χ1v) is 8.29. The maximum absolute atomic E-state index is 12.1. The fourth-order valence-electron chi connectivity index (χ4n) is 2.51. The zero-order chi connectivity index (χ0) is 18.4. The molecule has 3 rings (SSSR count). The van der Waals surface area contributed by atoms with Crippen LogP contribution in [0, 0.1) is 0 Å². The minimum Gasteiger partial charge on any atom is -0.481 e. The van der Waals surface area contributed by atoms with Crippen molar-refractivity contribution in [1.29, 1.82) is 0 Å². The number of carbonyl (C=O) groups is 2. The van der Waals surface area contributed by atoms with Gasteiger partial charge < -0.3 is 14.8 Å². The number of carbonyl (C=O) groups excluding carboxylic acids is 2. The van der Waals surface area contributed by atoms with Gasteiger partial charge in [-0.2, -0.15) is 0 Å². The monoisotopic (exact) mass is 349 g/mol. The maximum atomic E-state index is 12.1. The van der Waals surface area contributed by atoms with E-state index in [-0.39, 0.29) is 6.61 Å². The molecule has 26 heavy (non-hydrogen) atoms. The molecule has 5 nitrogen and oxygen atoms in total. The third-order valence-electron chi connectivity index (χ3n) is 3.81. The van der Waals surface area contributed by atoms with Crippen LogP contribution in [0.2, 0.25) is 0 Å². The number of hydrogen-bond donors (Lipinski definition) is 1. The lowest BCUT2D eigenvalue weighted by molar-refractivity contribution is -0.155. The summed E-state index contributed by atoms with van der Waals surface area (Å²) in [5.41, 5.74) is 0.646. The second kappa shape index (κ2) is 8.16. The summed E-state index contributed by atoms with van der Waals surface area (Å²) in [7, 11) is 0. The van der Waals surface area contributed by atoms with Gasteiger partial charge in [0.2, 0.25) is 0 Å². The van der Waals surface area contributed by atoms with Crippen molar-refractivity contribution in [3.05, 3.63) is 72.8 Å².